The maximum absolute atomic E-state index is 12.6. The number of hydrogen-bond acceptors (Lipinski definition) is 3. The zero-order valence-corrected chi connectivity index (χ0v) is 16.0. The van der Waals surface area contributed by atoms with E-state index in [9.17, 15) is 4.79 Å². The first-order chi connectivity index (χ1) is 12.6. The van der Waals surface area contributed by atoms with E-state index in [1.54, 1.807) is 0 Å². The molecule has 2 aromatic rings. The van der Waals surface area contributed by atoms with Gasteiger partial charge >= 0.3 is 0 Å². The van der Waals surface area contributed by atoms with E-state index in [1.807, 2.05) is 31.2 Å². The van der Waals surface area contributed by atoms with Crippen LogP contribution in [0.4, 0.5) is 5.69 Å². The van der Waals surface area contributed by atoms with Gasteiger partial charge in [-0.25, -0.2) is 0 Å². The Kier molecular flexibility index (Phi) is 5.94. The van der Waals surface area contributed by atoms with Crippen LogP contribution in [-0.4, -0.2) is 44.5 Å². The van der Waals surface area contributed by atoms with Crippen LogP contribution in [0.3, 0.4) is 0 Å². The molecule has 0 aliphatic carbocycles. The van der Waals surface area contributed by atoms with Crippen molar-refractivity contribution in [2.24, 2.45) is 0 Å². The van der Waals surface area contributed by atoms with E-state index in [0.29, 0.717) is 6.54 Å². The van der Waals surface area contributed by atoms with Gasteiger partial charge in [0.25, 0.3) is 5.91 Å². The Bertz CT molecular complexity index is 733. The maximum Gasteiger partial charge on any atom is 0.251 e. The van der Waals surface area contributed by atoms with E-state index in [-0.39, 0.29) is 11.9 Å². The van der Waals surface area contributed by atoms with Gasteiger partial charge in [-0.15, -0.1) is 0 Å². The molecule has 4 nitrogen and oxygen atoms in total. The number of nitrogens with zero attached hydrogens (tertiary/aromatic N) is 2. The Morgan fingerprint density at radius 3 is 2.35 bits per heavy atom. The molecule has 138 valence electrons. The number of carbonyl (C=O) groups excluding carboxylic acids is 1. The minimum absolute atomic E-state index is 0.0113. The normalized spacial score (nSPS) is 15.7. The summed E-state index contributed by atoms with van der Waals surface area (Å²) < 4.78 is 0. The van der Waals surface area contributed by atoms with Crippen molar-refractivity contribution in [1.82, 2.24) is 10.2 Å². The molecule has 26 heavy (non-hydrogen) atoms. The van der Waals surface area contributed by atoms with Gasteiger partial charge in [0.2, 0.25) is 0 Å². The molecule has 1 aliphatic rings. The van der Waals surface area contributed by atoms with Gasteiger partial charge in [-0.3, -0.25) is 9.69 Å². The van der Waals surface area contributed by atoms with E-state index in [4.69, 9.17) is 0 Å². The number of aryl methyl sites for hydroxylation is 1. The van der Waals surface area contributed by atoms with Gasteiger partial charge in [0.1, 0.15) is 0 Å². The van der Waals surface area contributed by atoms with Crippen LogP contribution in [-0.2, 0) is 0 Å². The summed E-state index contributed by atoms with van der Waals surface area (Å²) in [6.45, 7) is 4.81. The Morgan fingerprint density at radius 2 is 1.73 bits per heavy atom. The number of likely N-dealkylation sites (tertiary alicyclic amines) is 1. The van der Waals surface area contributed by atoms with Gasteiger partial charge in [0.05, 0.1) is 6.04 Å². The molecule has 0 bridgehead atoms. The van der Waals surface area contributed by atoms with Crippen molar-refractivity contribution in [3.05, 3.63) is 65.2 Å². The quantitative estimate of drug-likeness (QED) is 0.863. The Hall–Kier alpha value is -2.33. The molecular weight excluding hydrogens is 322 g/mol. The number of nitrogens with one attached hydrogen (secondary N) is 1. The first-order valence-electron chi connectivity index (χ1n) is 9.41. The minimum atomic E-state index is 0.0113. The average molecular weight is 351 g/mol. The molecule has 0 unspecified atom stereocenters. The van der Waals surface area contributed by atoms with Gasteiger partial charge in [0.15, 0.2) is 0 Å². The molecule has 1 heterocycles. The SMILES string of the molecule is Cc1ccccc1C(=O)NC[C@@H](c1ccc(N(C)C)cc1)N1CCCC1. The largest absolute Gasteiger partial charge is 0.378 e. The highest BCUT2D eigenvalue weighted by atomic mass is 16.1. The number of carbonyl (C=O) groups is 1. The topological polar surface area (TPSA) is 35.6 Å². The van der Waals surface area contributed by atoms with Crippen molar-refractivity contribution in [1.29, 1.82) is 0 Å². The van der Waals surface area contributed by atoms with Crippen LogP contribution >= 0.6 is 0 Å². The lowest BCUT2D eigenvalue weighted by Crippen LogP contribution is -2.37. The van der Waals surface area contributed by atoms with E-state index in [2.05, 4.69) is 53.5 Å². The number of anilines is 1. The lowest BCUT2D eigenvalue weighted by atomic mass is 10.0. The zero-order chi connectivity index (χ0) is 18.5. The third kappa shape index (κ3) is 4.25. The van der Waals surface area contributed by atoms with Crippen LogP contribution in [0.25, 0.3) is 0 Å². The third-order valence-electron chi connectivity index (χ3n) is 5.22. The maximum atomic E-state index is 12.6. The van der Waals surface area contributed by atoms with Crippen LogP contribution in [0, 0.1) is 6.92 Å². The highest BCUT2D eigenvalue weighted by molar-refractivity contribution is 5.95. The van der Waals surface area contributed by atoms with Crippen molar-refractivity contribution in [3.63, 3.8) is 0 Å². The van der Waals surface area contributed by atoms with Gasteiger partial charge < -0.3 is 10.2 Å². The molecule has 1 saturated heterocycles. The molecule has 3 rings (SSSR count). The van der Waals surface area contributed by atoms with Crippen molar-refractivity contribution in [3.8, 4) is 0 Å². The predicted octanol–water partition coefficient (Wildman–Crippen LogP) is 3.63. The fourth-order valence-corrected chi connectivity index (χ4v) is 3.62. The predicted molar refractivity (Wildman–Crippen MR) is 108 cm³/mol. The van der Waals surface area contributed by atoms with Crippen LogP contribution in [0.15, 0.2) is 48.5 Å². The van der Waals surface area contributed by atoms with E-state index >= 15 is 0 Å². The van der Waals surface area contributed by atoms with Gasteiger partial charge in [0, 0.05) is 31.9 Å². The molecule has 0 saturated carbocycles. The summed E-state index contributed by atoms with van der Waals surface area (Å²) in [5.74, 6) is 0.0113. The van der Waals surface area contributed by atoms with Gasteiger partial charge in [-0.05, 0) is 62.2 Å². The Labute approximate surface area is 156 Å². The third-order valence-corrected chi connectivity index (χ3v) is 5.22. The van der Waals surface area contributed by atoms with Crippen LogP contribution in [0.2, 0.25) is 0 Å². The lowest BCUT2D eigenvalue weighted by Gasteiger charge is -2.28. The van der Waals surface area contributed by atoms with E-state index in [1.165, 1.54) is 24.1 Å². The molecule has 1 N–H and O–H groups in total. The number of amides is 1. The number of hydrogen-bond donors (Lipinski definition) is 1. The second kappa shape index (κ2) is 8.37. The van der Waals surface area contributed by atoms with Crippen molar-refractivity contribution in [2.75, 3.05) is 38.6 Å². The molecule has 0 spiro atoms. The Morgan fingerprint density at radius 1 is 1.08 bits per heavy atom. The van der Waals surface area contributed by atoms with E-state index in [0.717, 1.165) is 24.2 Å². The second-order valence-corrected chi connectivity index (χ2v) is 7.27. The molecule has 1 amide bonds. The summed E-state index contributed by atoms with van der Waals surface area (Å²) in [6.07, 6.45) is 2.47. The van der Waals surface area contributed by atoms with Crippen LogP contribution in [0.1, 0.15) is 40.4 Å². The summed E-state index contributed by atoms with van der Waals surface area (Å²) in [5, 5.41) is 3.16. The molecule has 4 heteroatoms. The molecule has 1 aliphatic heterocycles. The summed E-state index contributed by atoms with van der Waals surface area (Å²) in [7, 11) is 4.10. The second-order valence-electron chi connectivity index (χ2n) is 7.27. The average Bonchev–Trinajstić information content (AvgIpc) is 3.17. The number of benzene rings is 2. The molecule has 1 fully saturated rings. The molecule has 0 aromatic heterocycles. The highest BCUT2D eigenvalue weighted by Crippen LogP contribution is 2.26. The van der Waals surface area contributed by atoms with E-state index < -0.39 is 0 Å². The zero-order valence-electron chi connectivity index (χ0n) is 16.0. The Balaban J connectivity index is 1.74. The summed E-state index contributed by atoms with van der Waals surface area (Å²) in [4.78, 5) is 17.2. The van der Waals surface area contributed by atoms with Crippen LogP contribution in [0.5, 0.6) is 0 Å². The highest BCUT2D eigenvalue weighted by Gasteiger charge is 2.24. The first-order valence-corrected chi connectivity index (χ1v) is 9.41. The molecular formula is C22H29N3O. The van der Waals surface area contributed by atoms with Crippen molar-refractivity contribution < 1.29 is 4.79 Å². The van der Waals surface area contributed by atoms with Gasteiger partial charge in [-0.1, -0.05) is 30.3 Å². The summed E-state index contributed by atoms with van der Waals surface area (Å²) >= 11 is 0. The summed E-state index contributed by atoms with van der Waals surface area (Å²) in [5.41, 5.74) is 4.23. The smallest absolute Gasteiger partial charge is 0.251 e. The van der Waals surface area contributed by atoms with Gasteiger partial charge in [-0.2, -0.15) is 0 Å². The summed E-state index contributed by atoms with van der Waals surface area (Å²) in [6, 6.07) is 16.7. The van der Waals surface area contributed by atoms with Crippen molar-refractivity contribution >= 4 is 11.6 Å². The first kappa shape index (κ1) is 18.5. The molecule has 1 atom stereocenters. The van der Waals surface area contributed by atoms with Crippen LogP contribution < -0.4 is 10.2 Å². The fraction of sp³-hybridized carbons (Fsp3) is 0.409. The fourth-order valence-electron chi connectivity index (χ4n) is 3.62. The lowest BCUT2D eigenvalue weighted by molar-refractivity contribution is 0.0937. The minimum Gasteiger partial charge on any atom is -0.378 e. The monoisotopic (exact) mass is 351 g/mol. The molecule has 0 radical (unpaired) electrons. The number of rotatable bonds is 6. The standard InChI is InChI=1S/C22H29N3O/c1-17-8-4-5-9-20(17)22(26)23-16-21(25-14-6-7-15-25)18-10-12-19(13-11-18)24(2)3/h4-5,8-13,21H,6-7,14-16H2,1-3H3,(H,23,26)/t21-/m0/s1. The molecule has 2 aromatic carbocycles. The van der Waals surface area contributed by atoms with Crippen molar-refractivity contribution in [2.45, 2.75) is 25.8 Å².